The molecule has 0 heterocycles. The normalized spacial score (nSPS) is 10.2. The predicted molar refractivity (Wildman–Crippen MR) is 99.8 cm³/mol. The van der Waals surface area contributed by atoms with Gasteiger partial charge in [-0.1, -0.05) is 42.0 Å². The van der Waals surface area contributed by atoms with Gasteiger partial charge in [-0.3, -0.25) is 4.79 Å². The van der Waals surface area contributed by atoms with Gasteiger partial charge in [0.25, 0.3) is 0 Å². The number of carbonyl (C=O) groups is 1. The fraction of sp³-hybridized carbons (Fsp3) is 0.300. The summed E-state index contributed by atoms with van der Waals surface area (Å²) in [7, 11) is 0. The third-order valence-corrected chi connectivity index (χ3v) is 4.71. The number of amides is 1. The molecule has 0 spiro atoms. The number of nitriles is 1. The Bertz CT molecular complexity index is 687. The highest BCUT2D eigenvalue weighted by molar-refractivity contribution is 7.98. The van der Waals surface area contributed by atoms with E-state index in [0.717, 1.165) is 17.1 Å². The summed E-state index contributed by atoms with van der Waals surface area (Å²) in [5.41, 5.74) is 4.32. The Balaban J connectivity index is 1.57. The molecular weight excluding hydrogens is 316 g/mol. The van der Waals surface area contributed by atoms with Gasteiger partial charge < -0.3 is 5.32 Å². The third-order valence-electron chi connectivity index (χ3n) is 3.68. The number of aryl methyl sites for hydroxylation is 2. The monoisotopic (exact) mass is 338 g/mol. The van der Waals surface area contributed by atoms with Gasteiger partial charge in [0.2, 0.25) is 5.91 Å². The van der Waals surface area contributed by atoms with E-state index < -0.39 is 0 Å². The van der Waals surface area contributed by atoms with Crippen molar-refractivity contribution in [2.45, 2.75) is 25.5 Å². The molecule has 0 fully saturated rings. The predicted octanol–water partition coefficient (Wildman–Crippen LogP) is 3.85. The van der Waals surface area contributed by atoms with Crippen molar-refractivity contribution < 1.29 is 4.79 Å². The summed E-state index contributed by atoms with van der Waals surface area (Å²) in [6.45, 7) is 2.78. The first-order valence-corrected chi connectivity index (χ1v) is 9.22. The van der Waals surface area contributed by atoms with Crippen LogP contribution in [-0.4, -0.2) is 18.2 Å². The summed E-state index contributed by atoms with van der Waals surface area (Å²) in [6.07, 6.45) is 1.18. The number of benzene rings is 2. The molecule has 0 aromatic heterocycles. The molecule has 24 heavy (non-hydrogen) atoms. The van der Waals surface area contributed by atoms with E-state index in [4.69, 9.17) is 5.26 Å². The molecule has 2 rings (SSSR count). The van der Waals surface area contributed by atoms with Crippen LogP contribution in [0.1, 0.15) is 28.7 Å². The molecule has 0 atom stereocenters. The van der Waals surface area contributed by atoms with Gasteiger partial charge in [0.1, 0.15) is 0 Å². The van der Waals surface area contributed by atoms with Crippen LogP contribution < -0.4 is 5.32 Å². The maximum absolute atomic E-state index is 11.8. The van der Waals surface area contributed by atoms with Gasteiger partial charge in [0, 0.05) is 24.5 Å². The van der Waals surface area contributed by atoms with Crippen molar-refractivity contribution in [1.82, 2.24) is 5.32 Å². The van der Waals surface area contributed by atoms with Gasteiger partial charge >= 0.3 is 0 Å². The molecule has 0 saturated heterocycles. The lowest BCUT2D eigenvalue weighted by Gasteiger charge is -2.06. The lowest BCUT2D eigenvalue weighted by atomic mass is 10.1. The molecular formula is C20H22N2OS. The largest absolute Gasteiger partial charge is 0.355 e. The summed E-state index contributed by atoms with van der Waals surface area (Å²) < 4.78 is 0. The van der Waals surface area contributed by atoms with Gasteiger partial charge in [0.15, 0.2) is 0 Å². The molecule has 0 aliphatic carbocycles. The minimum Gasteiger partial charge on any atom is -0.355 e. The second-order valence-corrected chi connectivity index (χ2v) is 6.80. The van der Waals surface area contributed by atoms with Crippen molar-refractivity contribution in [2.75, 3.05) is 12.3 Å². The van der Waals surface area contributed by atoms with Crippen molar-refractivity contribution in [3.8, 4) is 6.07 Å². The molecule has 2 aromatic carbocycles. The zero-order chi connectivity index (χ0) is 17.2. The fourth-order valence-electron chi connectivity index (χ4n) is 2.23. The number of nitrogens with zero attached hydrogens (tertiary/aromatic N) is 1. The molecule has 0 bridgehead atoms. The molecule has 0 unspecified atom stereocenters. The van der Waals surface area contributed by atoms with E-state index in [1.54, 1.807) is 12.1 Å². The molecule has 4 heteroatoms. The number of hydrogen-bond acceptors (Lipinski definition) is 3. The summed E-state index contributed by atoms with van der Waals surface area (Å²) >= 11 is 1.83. The Morgan fingerprint density at radius 2 is 1.75 bits per heavy atom. The lowest BCUT2D eigenvalue weighted by molar-refractivity contribution is -0.120. The molecule has 1 N–H and O–H groups in total. The Morgan fingerprint density at radius 1 is 1.08 bits per heavy atom. The minimum atomic E-state index is 0.0790. The lowest BCUT2D eigenvalue weighted by Crippen LogP contribution is -2.25. The van der Waals surface area contributed by atoms with Crippen molar-refractivity contribution >= 4 is 17.7 Å². The van der Waals surface area contributed by atoms with E-state index in [-0.39, 0.29) is 5.91 Å². The van der Waals surface area contributed by atoms with E-state index >= 15 is 0 Å². The maximum Gasteiger partial charge on any atom is 0.220 e. The number of carbonyl (C=O) groups excluding carboxylic acids is 1. The molecule has 2 aromatic rings. The van der Waals surface area contributed by atoms with Crippen LogP contribution >= 0.6 is 11.8 Å². The average molecular weight is 338 g/mol. The molecule has 0 aliphatic heterocycles. The van der Waals surface area contributed by atoms with Crippen molar-refractivity contribution in [1.29, 1.82) is 5.26 Å². The zero-order valence-electron chi connectivity index (χ0n) is 13.9. The van der Waals surface area contributed by atoms with E-state index in [0.29, 0.717) is 24.9 Å². The van der Waals surface area contributed by atoms with Crippen molar-refractivity contribution in [3.05, 3.63) is 70.8 Å². The van der Waals surface area contributed by atoms with Crippen LogP contribution in [0.2, 0.25) is 0 Å². The zero-order valence-corrected chi connectivity index (χ0v) is 14.7. The van der Waals surface area contributed by atoms with E-state index in [2.05, 4.69) is 42.6 Å². The number of nitrogens with one attached hydrogen (secondary N) is 1. The quantitative estimate of drug-likeness (QED) is 0.744. The van der Waals surface area contributed by atoms with Gasteiger partial charge in [-0.25, -0.2) is 0 Å². The Labute approximate surface area is 148 Å². The molecule has 0 radical (unpaired) electrons. The molecule has 0 aliphatic rings. The topological polar surface area (TPSA) is 52.9 Å². The van der Waals surface area contributed by atoms with Crippen LogP contribution in [0.4, 0.5) is 0 Å². The Morgan fingerprint density at radius 3 is 2.42 bits per heavy atom. The van der Waals surface area contributed by atoms with Crippen molar-refractivity contribution in [3.63, 3.8) is 0 Å². The first-order chi connectivity index (χ1) is 11.7. The van der Waals surface area contributed by atoms with Crippen LogP contribution in [0, 0.1) is 18.3 Å². The highest BCUT2D eigenvalue weighted by atomic mass is 32.2. The summed E-state index contributed by atoms with van der Waals surface area (Å²) in [5, 5.41) is 11.7. The Hall–Kier alpha value is -2.25. The smallest absolute Gasteiger partial charge is 0.220 e. The second-order valence-electron chi connectivity index (χ2n) is 5.70. The van der Waals surface area contributed by atoms with Gasteiger partial charge in [0.05, 0.1) is 11.6 Å². The van der Waals surface area contributed by atoms with E-state index in [1.807, 2.05) is 23.9 Å². The second kappa shape index (κ2) is 9.79. The molecule has 0 saturated carbocycles. The van der Waals surface area contributed by atoms with Crippen LogP contribution in [0.5, 0.6) is 0 Å². The van der Waals surface area contributed by atoms with Gasteiger partial charge in [-0.05, 0) is 36.6 Å². The number of rotatable bonds is 8. The molecule has 124 valence electrons. The number of thioether (sulfide) groups is 1. The first kappa shape index (κ1) is 18.1. The number of hydrogen-bond donors (Lipinski definition) is 1. The molecule has 3 nitrogen and oxygen atoms in total. The van der Waals surface area contributed by atoms with Gasteiger partial charge in [-0.15, -0.1) is 0 Å². The van der Waals surface area contributed by atoms with Crippen molar-refractivity contribution in [2.24, 2.45) is 0 Å². The highest BCUT2D eigenvalue weighted by Crippen LogP contribution is 2.12. The van der Waals surface area contributed by atoms with Crippen LogP contribution in [0.15, 0.2) is 48.5 Å². The van der Waals surface area contributed by atoms with Crippen LogP contribution in [-0.2, 0) is 17.0 Å². The molecule has 1 amide bonds. The first-order valence-electron chi connectivity index (χ1n) is 8.06. The van der Waals surface area contributed by atoms with Crippen LogP contribution in [0.3, 0.4) is 0 Å². The average Bonchev–Trinajstić information content (AvgIpc) is 2.61. The summed E-state index contributed by atoms with van der Waals surface area (Å²) in [4.78, 5) is 11.8. The van der Waals surface area contributed by atoms with Gasteiger partial charge in [-0.2, -0.15) is 17.0 Å². The fourth-order valence-corrected chi connectivity index (χ4v) is 3.05. The van der Waals surface area contributed by atoms with E-state index in [1.165, 1.54) is 11.1 Å². The standard InChI is InChI=1S/C20H22N2OS/c1-16-2-4-19(5-3-16)15-24-13-12-22-20(23)11-10-17-6-8-18(14-21)9-7-17/h2-9H,10-13,15H2,1H3,(H,22,23). The third kappa shape index (κ3) is 6.47. The maximum atomic E-state index is 11.8. The summed E-state index contributed by atoms with van der Waals surface area (Å²) in [6, 6.07) is 18.0. The SMILES string of the molecule is Cc1ccc(CSCCNC(=O)CCc2ccc(C#N)cc2)cc1. The highest BCUT2D eigenvalue weighted by Gasteiger charge is 2.02. The minimum absolute atomic E-state index is 0.0790. The van der Waals surface area contributed by atoms with Crippen LogP contribution in [0.25, 0.3) is 0 Å². The Kier molecular flexibility index (Phi) is 7.38. The van der Waals surface area contributed by atoms with E-state index in [9.17, 15) is 4.79 Å². The summed E-state index contributed by atoms with van der Waals surface area (Å²) in [5.74, 6) is 1.97.